The van der Waals surface area contributed by atoms with Gasteiger partial charge < -0.3 is 14.7 Å². The molecular formula is C14H13Cl2N3O3. The van der Waals surface area contributed by atoms with Crippen LogP contribution in [-0.4, -0.2) is 23.5 Å². The van der Waals surface area contributed by atoms with Crippen molar-refractivity contribution >= 4 is 46.5 Å². The van der Waals surface area contributed by atoms with Crippen LogP contribution >= 0.6 is 23.2 Å². The average molecular weight is 342 g/mol. The predicted octanol–water partition coefficient (Wildman–Crippen LogP) is 3.28. The smallest absolute Gasteiger partial charge is 0.245 e. The molecule has 8 heteroatoms. The lowest BCUT2D eigenvalue weighted by atomic mass is 10.2. The van der Waals surface area contributed by atoms with Crippen molar-refractivity contribution < 1.29 is 14.1 Å². The molecule has 1 heterocycles. The van der Waals surface area contributed by atoms with Crippen LogP contribution in [0, 0.1) is 6.92 Å². The van der Waals surface area contributed by atoms with Crippen LogP contribution in [-0.2, 0) is 9.59 Å². The van der Waals surface area contributed by atoms with Gasteiger partial charge in [0, 0.05) is 18.7 Å². The maximum Gasteiger partial charge on any atom is 0.245 e. The van der Waals surface area contributed by atoms with Gasteiger partial charge in [0.2, 0.25) is 11.8 Å². The van der Waals surface area contributed by atoms with E-state index in [-0.39, 0.29) is 12.5 Å². The zero-order valence-corrected chi connectivity index (χ0v) is 13.4. The topological polar surface area (TPSA) is 75.4 Å². The van der Waals surface area contributed by atoms with Crippen molar-refractivity contribution in [2.24, 2.45) is 0 Å². The molecule has 0 radical (unpaired) electrons. The van der Waals surface area contributed by atoms with Crippen LogP contribution in [0.4, 0.5) is 11.5 Å². The highest BCUT2D eigenvalue weighted by Gasteiger charge is 2.17. The Hall–Kier alpha value is -2.05. The highest BCUT2D eigenvalue weighted by Crippen LogP contribution is 2.27. The van der Waals surface area contributed by atoms with E-state index in [1.807, 2.05) is 0 Å². The van der Waals surface area contributed by atoms with E-state index >= 15 is 0 Å². The minimum absolute atomic E-state index is 0.181. The molecular weight excluding hydrogens is 329 g/mol. The van der Waals surface area contributed by atoms with Crippen LogP contribution < -0.4 is 10.2 Å². The average Bonchev–Trinajstić information content (AvgIpc) is 2.84. The molecule has 116 valence electrons. The molecule has 0 atom stereocenters. The highest BCUT2D eigenvalue weighted by atomic mass is 35.5. The number of nitrogens with one attached hydrogen (secondary N) is 1. The number of hydrogen-bond acceptors (Lipinski definition) is 4. The second-order valence-corrected chi connectivity index (χ2v) is 5.39. The van der Waals surface area contributed by atoms with Gasteiger partial charge in [-0.1, -0.05) is 28.4 Å². The molecule has 0 aliphatic carbocycles. The Morgan fingerprint density at radius 2 is 2.00 bits per heavy atom. The molecule has 2 aromatic rings. The fraction of sp³-hybridized carbons (Fsp3) is 0.214. The Morgan fingerprint density at radius 1 is 1.27 bits per heavy atom. The van der Waals surface area contributed by atoms with Gasteiger partial charge in [0.15, 0.2) is 5.82 Å². The van der Waals surface area contributed by atoms with Crippen molar-refractivity contribution in [3.63, 3.8) is 0 Å². The Kier molecular flexibility index (Phi) is 5.05. The molecule has 0 fully saturated rings. The first-order valence-corrected chi connectivity index (χ1v) is 7.08. The molecule has 0 unspecified atom stereocenters. The molecule has 6 nitrogen and oxygen atoms in total. The Morgan fingerprint density at radius 3 is 2.55 bits per heavy atom. The van der Waals surface area contributed by atoms with Crippen molar-refractivity contribution in [3.05, 3.63) is 40.1 Å². The van der Waals surface area contributed by atoms with Gasteiger partial charge in [0.05, 0.1) is 10.0 Å². The Bertz CT molecular complexity index is 715. The van der Waals surface area contributed by atoms with Gasteiger partial charge in [0.25, 0.3) is 0 Å². The zero-order chi connectivity index (χ0) is 16.3. The van der Waals surface area contributed by atoms with Gasteiger partial charge in [-0.25, -0.2) is 0 Å². The number of rotatable bonds is 4. The molecule has 1 aromatic carbocycles. The standard InChI is InChI=1S/C14H13Cl2N3O3/c1-8-5-13(18-22-8)17-14(21)7-19(9(2)20)10-3-4-11(15)12(16)6-10/h3-6H,7H2,1-2H3,(H,17,18,21). The van der Waals surface area contributed by atoms with E-state index in [4.69, 9.17) is 27.7 Å². The number of halogens is 2. The molecule has 2 amide bonds. The SMILES string of the molecule is CC(=O)N(CC(=O)Nc1cc(C)on1)c1ccc(Cl)c(Cl)c1. The monoisotopic (exact) mass is 341 g/mol. The second-order valence-electron chi connectivity index (χ2n) is 4.57. The van der Waals surface area contributed by atoms with Gasteiger partial charge in [-0.2, -0.15) is 0 Å². The molecule has 1 N–H and O–H groups in total. The third kappa shape index (κ3) is 3.99. The van der Waals surface area contributed by atoms with E-state index in [9.17, 15) is 9.59 Å². The molecule has 0 bridgehead atoms. The highest BCUT2D eigenvalue weighted by molar-refractivity contribution is 6.42. The lowest BCUT2D eigenvalue weighted by Crippen LogP contribution is -2.36. The van der Waals surface area contributed by atoms with E-state index in [0.29, 0.717) is 27.3 Å². The van der Waals surface area contributed by atoms with Crippen LogP contribution in [0.3, 0.4) is 0 Å². The molecule has 0 aliphatic heterocycles. The third-order valence-electron chi connectivity index (χ3n) is 2.79. The Balaban J connectivity index is 2.13. The van der Waals surface area contributed by atoms with Gasteiger partial charge in [-0.15, -0.1) is 0 Å². The van der Waals surface area contributed by atoms with Crippen LogP contribution in [0.25, 0.3) is 0 Å². The summed E-state index contributed by atoms with van der Waals surface area (Å²) in [7, 11) is 0. The van der Waals surface area contributed by atoms with Crippen molar-refractivity contribution in [1.29, 1.82) is 0 Å². The first kappa shape index (κ1) is 16.3. The number of aromatic nitrogens is 1. The molecule has 22 heavy (non-hydrogen) atoms. The summed E-state index contributed by atoms with van der Waals surface area (Å²) in [6.07, 6.45) is 0. The van der Waals surface area contributed by atoms with E-state index in [2.05, 4.69) is 10.5 Å². The number of aryl methyl sites for hydroxylation is 1. The number of carbonyl (C=O) groups excluding carboxylic acids is 2. The van der Waals surface area contributed by atoms with Crippen LogP contribution in [0.2, 0.25) is 10.0 Å². The summed E-state index contributed by atoms with van der Waals surface area (Å²) in [6.45, 7) is 2.88. The first-order chi connectivity index (χ1) is 10.4. The minimum Gasteiger partial charge on any atom is -0.360 e. The third-order valence-corrected chi connectivity index (χ3v) is 3.53. The van der Waals surface area contributed by atoms with E-state index in [1.54, 1.807) is 25.1 Å². The van der Waals surface area contributed by atoms with Gasteiger partial charge in [-0.05, 0) is 25.1 Å². The number of carbonyl (C=O) groups is 2. The van der Waals surface area contributed by atoms with Crippen LogP contribution in [0.15, 0.2) is 28.8 Å². The minimum atomic E-state index is -0.408. The predicted molar refractivity (Wildman–Crippen MR) is 84.4 cm³/mol. The van der Waals surface area contributed by atoms with Crippen LogP contribution in [0.1, 0.15) is 12.7 Å². The summed E-state index contributed by atoms with van der Waals surface area (Å²) < 4.78 is 4.85. The quantitative estimate of drug-likeness (QED) is 0.925. The maximum absolute atomic E-state index is 12.0. The number of anilines is 2. The summed E-state index contributed by atoms with van der Waals surface area (Å²) in [5, 5.41) is 6.88. The van der Waals surface area contributed by atoms with Crippen LogP contribution in [0.5, 0.6) is 0 Å². The van der Waals surface area contributed by atoms with Gasteiger partial charge in [0.1, 0.15) is 12.3 Å². The fourth-order valence-corrected chi connectivity index (χ4v) is 2.08. The largest absolute Gasteiger partial charge is 0.360 e. The van der Waals surface area contributed by atoms with Gasteiger partial charge >= 0.3 is 0 Å². The number of amides is 2. The molecule has 0 saturated heterocycles. The van der Waals surface area contributed by atoms with Crippen molar-refractivity contribution in [3.8, 4) is 0 Å². The molecule has 2 rings (SSSR count). The summed E-state index contributed by atoms with van der Waals surface area (Å²) in [6, 6.07) is 6.28. The zero-order valence-electron chi connectivity index (χ0n) is 11.9. The molecule has 1 aromatic heterocycles. The lowest BCUT2D eigenvalue weighted by Gasteiger charge is -2.20. The van der Waals surface area contributed by atoms with Crippen molar-refractivity contribution in [2.75, 3.05) is 16.8 Å². The molecule has 0 spiro atoms. The number of hydrogen-bond donors (Lipinski definition) is 1. The number of benzene rings is 1. The normalized spacial score (nSPS) is 10.4. The van der Waals surface area contributed by atoms with E-state index in [0.717, 1.165) is 0 Å². The first-order valence-electron chi connectivity index (χ1n) is 6.33. The summed E-state index contributed by atoms with van der Waals surface area (Å²) >= 11 is 11.8. The maximum atomic E-state index is 12.0. The Labute approximate surface area is 137 Å². The van der Waals surface area contributed by atoms with Crippen molar-refractivity contribution in [2.45, 2.75) is 13.8 Å². The summed E-state index contributed by atoms with van der Waals surface area (Å²) in [4.78, 5) is 25.1. The van der Waals surface area contributed by atoms with E-state index < -0.39 is 5.91 Å². The van der Waals surface area contributed by atoms with Gasteiger partial charge in [-0.3, -0.25) is 9.59 Å². The summed E-state index contributed by atoms with van der Waals surface area (Å²) in [5.41, 5.74) is 0.480. The molecule has 0 aliphatic rings. The second kappa shape index (κ2) is 6.81. The lowest BCUT2D eigenvalue weighted by molar-refractivity contribution is -0.120. The van der Waals surface area contributed by atoms with Crippen molar-refractivity contribution in [1.82, 2.24) is 5.16 Å². The number of nitrogens with zero attached hydrogens (tertiary/aromatic N) is 2. The summed E-state index contributed by atoms with van der Waals surface area (Å²) in [5.74, 6) is 0.155. The van der Waals surface area contributed by atoms with E-state index in [1.165, 1.54) is 17.9 Å². The molecule has 0 saturated carbocycles. The fourth-order valence-electron chi connectivity index (χ4n) is 1.79.